The number of rotatable bonds is 13. The lowest BCUT2D eigenvalue weighted by Gasteiger charge is -2.18. The molecule has 0 heterocycles. The molecule has 0 bridgehead atoms. The Bertz CT molecular complexity index is 540. The fourth-order valence-corrected chi connectivity index (χ4v) is 2.44. The second-order valence-corrected chi connectivity index (χ2v) is 6.58. The zero-order valence-electron chi connectivity index (χ0n) is 17.2. The van der Waals surface area contributed by atoms with Gasteiger partial charge in [0.1, 0.15) is 18.5 Å². The van der Waals surface area contributed by atoms with Crippen LogP contribution in [-0.4, -0.2) is 82.2 Å². The summed E-state index contributed by atoms with van der Waals surface area (Å²) < 4.78 is 10.7. The van der Waals surface area contributed by atoms with Crippen LogP contribution in [0.5, 0.6) is 5.75 Å². The van der Waals surface area contributed by atoms with Gasteiger partial charge in [-0.3, -0.25) is 4.99 Å². The van der Waals surface area contributed by atoms with Gasteiger partial charge >= 0.3 is 0 Å². The van der Waals surface area contributed by atoms with Gasteiger partial charge in [0, 0.05) is 39.9 Å². The standard InChI is InChI=1S/C20H36N4O3/c1-5-21-20(22-10-12-24(3)11-7-13-26-4)23-15-18(25)16-27-19-9-6-8-17(2)14-19/h6,8-9,14,18,25H,5,7,10-13,15-16H2,1-4H3,(H2,21,22,23). The van der Waals surface area contributed by atoms with Crippen molar-refractivity contribution >= 4 is 5.96 Å². The van der Waals surface area contributed by atoms with Gasteiger partial charge in [-0.1, -0.05) is 12.1 Å². The van der Waals surface area contributed by atoms with Crippen molar-refractivity contribution in [2.75, 3.05) is 60.1 Å². The third kappa shape index (κ3) is 11.5. The monoisotopic (exact) mass is 380 g/mol. The van der Waals surface area contributed by atoms with E-state index in [0.717, 1.165) is 50.5 Å². The molecule has 0 radical (unpaired) electrons. The van der Waals surface area contributed by atoms with Crippen LogP contribution in [0.25, 0.3) is 0 Å². The number of aliphatic hydroxyl groups excluding tert-OH is 1. The summed E-state index contributed by atoms with van der Waals surface area (Å²) in [5, 5.41) is 16.6. The van der Waals surface area contributed by atoms with Crippen LogP contribution in [-0.2, 0) is 4.74 Å². The third-order valence-electron chi connectivity index (χ3n) is 3.91. The van der Waals surface area contributed by atoms with Crippen LogP contribution in [0.3, 0.4) is 0 Å². The molecule has 7 nitrogen and oxygen atoms in total. The second-order valence-electron chi connectivity index (χ2n) is 6.58. The molecule has 1 aromatic carbocycles. The molecule has 0 spiro atoms. The summed E-state index contributed by atoms with van der Waals surface area (Å²) in [5.74, 6) is 1.47. The number of guanidine groups is 1. The molecule has 0 aliphatic rings. The van der Waals surface area contributed by atoms with Gasteiger partial charge < -0.3 is 30.1 Å². The molecule has 3 N–H and O–H groups in total. The maximum Gasteiger partial charge on any atom is 0.191 e. The van der Waals surface area contributed by atoms with Gasteiger partial charge in [0.15, 0.2) is 5.96 Å². The second kappa shape index (κ2) is 14.3. The van der Waals surface area contributed by atoms with Crippen LogP contribution in [0.4, 0.5) is 0 Å². The highest BCUT2D eigenvalue weighted by Gasteiger charge is 2.06. The number of benzene rings is 1. The first-order valence-electron chi connectivity index (χ1n) is 9.62. The van der Waals surface area contributed by atoms with Gasteiger partial charge in [-0.05, 0) is 45.0 Å². The minimum atomic E-state index is -0.655. The van der Waals surface area contributed by atoms with Crippen LogP contribution in [0.15, 0.2) is 29.3 Å². The molecule has 0 aliphatic heterocycles. The maximum absolute atomic E-state index is 10.1. The van der Waals surface area contributed by atoms with Crippen molar-refractivity contribution in [1.29, 1.82) is 0 Å². The summed E-state index contributed by atoms with van der Waals surface area (Å²) in [6.45, 7) is 8.77. The van der Waals surface area contributed by atoms with E-state index in [1.165, 1.54) is 0 Å². The van der Waals surface area contributed by atoms with Crippen molar-refractivity contribution in [2.24, 2.45) is 4.99 Å². The summed E-state index contributed by atoms with van der Waals surface area (Å²) in [6.07, 6.45) is 0.367. The van der Waals surface area contributed by atoms with E-state index < -0.39 is 6.10 Å². The fourth-order valence-electron chi connectivity index (χ4n) is 2.44. The largest absolute Gasteiger partial charge is 0.491 e. The summed E-state index contributed by atoms with van der Waals surface area (Å²) in [6, 6.07) is 7.79. The number of ether oxygens (including phenoxy) is 2. The summed E-state index contributed by atoms with van der Waals surface area (Å²) >= 11 is 0. The Morgan fingerprint density at radius 1 is 1.30 bits per heavy atom. The number of nitrogens with one attached hydrogen (secondary N) is 2. The zero-order valence-corrected chi connectivity index (χ0v) is 17.2. The Hall–Kier alpha value is -1.83. The Kier molecular flexibility index (Phi) is 12.3. The van der Waals surface area contributed by atoms with Gasteiger partial charge in [-0.2, -0.15) is 0 Å². The van der Waals surface area contributed by atoms with E-state index in [1.807, 2.05) is 38.1 Å². The van der Waals surface area contributed by atoms with Gasteiger partial charge in [0.2, 0.25) is 0 Å². The van der Waals surface area contributed by atoms with E-state index in [2.05, 4.69) is 27.6 Å². The molecule has 0 saturated carbocycles. The van der Waals surface area contributed by atoms with E-state index in [-0.39, 0.29) is 13.2 Å². The maximum atomic E-state index is 10.1. The molecule has 1 unspecified atom stereocenters. The average molecular weight is 381 g/mol. The molecular formula is C20H36N4O3. The quantitative estimate of drug-likeness (QED) is 0.272. The molecule has 1 atom stereocenters. The Morgan fingerprint density at radius 3 is 2.81 bits per heavy atom. The van der Waals surface area contributed by atoms with Gasteiger partial charge in [-0.15, -0.1) is 0 Å². The van der Waals surface area contributed by atoms with Crippen LogP contribution < -0.4 is 15.4 Å². The highest BCUT2D eigenvalue weighted by atomic mass is 16.5. The van der Waals surface area contributed by atoms with Crippen LogP contribution >= 0.6 is 0 Å². The van der Waals surface area contributed by atoms with E-state index in [4.69, 9.17) is 9.47 Å². The lowest BCUT2D eigenvalue weighted by Crippen LogP contribution is -2.41. The number of methoxy groups -OCH3 is 1. The van der Waals surface area contributed by atoms with Gasteiger partial charge in [0.05, 0.1) is 6.54 Å². The first-order chi connectivity index (χ1) is 13.0. The smallest absolute Gasteiger partial charge is 0.191 e. The van der Waals surface area contributed by atoms with E-state index in [9.17, 15) is 5.11 Å². The van der Waals surface area contributed by atoms with Crippen molar-refractivity contribution in [1.82, 2.24) is 15.5 Å². The van der Waals surface area contributed by atoms with Crippen molar-refractivity contribution in [2.45, 2.75) is 26.4 Å². The molecule has 0 amide bonds. The molecular weight excluding hydrogens is 344 g/mol. The van der Waals surface area contributed by atoms with E-state index >= 15 is 0 Å². The van der Waals surface area contributed by atoms with Crippen LogP contribution in [0.2, 0.25) is 0 Å². The molecule has 27 heavy (non-hydrogen) atoms. The lowest BCUT2D eigenvalue weighted by molar-refractivity contribution is 0.114. The van der Waals surface area contributed by atoms with E-state index in [0.29, 0.717) is 5.96 Å². The molecule has 0 aliphatic carbocycles. The highest BCUT2D eigenvalue weighted by Crippen LogP contribution is 2.12. The topological polar surface area (TPSA) is 78.4 Å². The first kappa shape index (κ1) is 23.2. The summed E-state index contributed by atoms with van der Waals surface area (Å²) in [4.78, 5) is 6.69. The first-order valence-corrected chi connectivity index (χ1v) is 9.62. The van der Waals surface area contributed by atoms with Crippen molar-refractivity contribution in [3.8, 4) is 5.75 Å². The fraction of sp³-hybridized carbons (Fsp3) is 0.650. The molecule has 1 rings (SSSR count). The molecule has 1 aromatic rings. The number of aliphatic hydroxyl groups is 1. The number of hydrogen-bond donors (Lipinski definition) is 3. The molecule has 0 saturated heterocycles. The SMILES string of the molecule is CCNC(=NCC(O)COc1cccc(C)c1)NCCN(C)CCCOC. The van der Waals surface area contributed by atoms with Crippen LogP contribution in [0.1, 0.15) is 18.9 Å². The van der Waals surface area contributed by atoms with Crippen LogP contribution in [0, 0.1) is 6.92 Å². The predicted octanol–water partition coefficient (Wildman–Crippen LogP) is 1.26. The van der Waals surface area contributed by atoms with Crippen molar-refractivity contribution in [3.05, 3.63) is 29.8 Å². The minimum Gasteiger partial charge on any atom is -0.491 e. The van der Waals surface area contributed by atoms with Gasteiger partial charge in [0.25, 0.3) is 0 Å². The van der Waals surface area contributed by atoms with Gasteiger partial charge in [-0.25, -0.2) is 0 Å². The number of nitrogens with zero attached hydrogens (tertiary/aromatic N) is 2. The highest BCUT2D eigenvalue weighted by molar-refractivity contribution is 5.79. The van der Waals surface area contributed by atoms with Crippen molar-refractivity contribution in [3.63, 3.8) is 0 Å². The minimum absolute atomic E-state index is 0.217. The normalized spacial score (nSPS) is 12.9. The third-order valence-corrected chi connectivity index (χ3v) is 3.91. The lowest BCUT2D eigenvalue weighted by atomic mass is 10.2. The number of aliphatic imine (C=N–C) groups is 1. The Balaban J connectivity index is 2.32. The number of likely N-dealkylation sites (N-methyl/N-ethyl adjacent to an activating group) is 1. The molecule has 0 aromatic heterocycles. The molecule has 154 valence electrons. The average Bonchev–Trinajstić information content (AvgIpc) is 2.64. The summed E-state index contributed by atoms with van der Waals surface area (Å²) in [5.41, 5.74) is 1.13. The van der Waals surface area contributed by atoms with Crippen molar-refractivity contribution < 1.29 is 14.6 Å². The molecule has 0 fully saturated rings. The Morgan fingerprint density at radius 2 is 2.11 bits per heavy atom. The number of hydrogen-bond acceptors (Lipinski definition) is 5. The number of aryl methyl sites for hydroxylation is 1. The summed E-state index contributed by atoms with van der Waals surface area (Å²) in [7, 11) is 3.81. The predicted molar refractivity (Wildman–Crippen MR) is 111 cm³/mol. The Labute approximate surface area is 163 Å². The zero-order chi connectivity index (χ0) is 19.9. The molecule has 7 heteroatoms. The van der Waals surface area contributed by atoms with E-state index in [1.54, 1.807) is 7.11 Å².